The first-order valence-corrected chi connectivity index (χ1v) is 10.3. The molecule has 1 atom stereocenters. The van der Waals surface area contributed by atoms with E-state index in [9.17, 15) is 23.9 Å². The van der Waals surface area contributed by atoms with Crippen LogP contribution in [0, 0.1) is 17.2 Å². The molecule has 33 heavy (non-hydrogen) atoms. The number of benzene rings is 3. The number of aliphatic carboxylic acids is 1. The van der Waals surface area contributed by atoms with Crippen molar-refractivity contribution >= 4 is 5.97 Å². The molecule has 3 aromatic rings. The number of ether oxygens (including phenoxy) is 2. The SMILES string of the molecule is CC(C)C(C(=O)[O-])c1ccc(OC(F)F)c(C#N)c1Cc1cccc(Oc2ccccc2)c1. The van der Waals surface area contributed by atoms with Gasteiger partial charge >= 0.3 is 6.61 Å². The van der Waals surface area contributed by atoms with Gasteiger partial charge in [0.1, 0.15) is 23.3 Å². The fourth-order valence-corrected chi connectivity index (χ4v) is 3.75. The zero-order valence-electron chi connectivity index (χ0n) is 18.1. The van der Waals surface area contributed by atoms with Crippen molar-refractivity contribution in [1.29, 1.82) is 5.26 Å². The fourth-order valence-electron chi connectivity index (χ4n) is 3.75. The zero-order chi connectivity index (χ0) is 24.0. The van der Waals surface area contributed by atoms with Crippen LogP contribution in [0.25, 0.3) is 0 Å². The lowest BCUT2D eigenvalue weighted by molar-refractivity contribution is -0.309. The number of carboxylic acid groups (broad SMARTS) is 1. The molecule has 0 spiro atoms. The minimum atomic E-state index is -3.12. The molecule has 0 saturated carbocycles. The Morgan fingerprint density at radius 1 is 1.03 bits per heavy atom. The van der Waals surface area contributed by atoms with Crippen molar-refractivity contribution in [3.05, 3.63) is 89.0 Å². The second kappa shape index (κ2) is 10.6. The summed E-state index contributed by atoms with van der Waals surface area (Å²) in [6, 6.07) is 20.7. The van der Waals surface area contributed by atoms with E-state index in [1.807, 2.05) is 24.3 Å². The second-order valence-electron chi connectivity index (χ2n) is 7.78. The van der Waals surface area contributed by atoms with E-state index >= 15 is 0 Å². The third kappa shape index (κ3) is 5.86. The number of hydrogen-bond acceptors (Lipinski definition) is 5. The molecule has 1 unspecified atom stereocenters. The maximum absolute atomic E-state index is 12.9. The van der Waals surface area contributed by atoms with Crippen molar-refractivity contribution in [2.45, 2.75) is 32.8 Å². The van der Waals surface area contributed by atoms with E-state index in [-0.39, 0.29) is 23.7 Å². The first-order chi connectivity index (χ1) is 15.8. The number of hydrogen-bond donors (Lipinski definition) is 0. The lowest BCUT2D eigenvalue weighted by Gasteiger charge is -2.26. The topological polar surface area (TPSA) is 82.4 Å². The highest BCUT2D eigenvalue weighted by Crippen LogP contribution is 2.35. The summed E-state index contributed by atoms with van der Waals surface area (Å²) in [7, 11) is 0. The van der Waals surface area contributed by atoms with E-state index in [2.05, 4.69) is 4.74 Å². The van der Waals surface area contributed by atoms with Crippen LogP contribution in [-0.2, 0) is 11.2 Å². The summed E-state index contributed by atoms with van der Waals surface area (Å²) in [6.07, 6.45) is 0.112. The average Bonchev–Trinajstić information content (AvgIpc) is 2.75. The molecule has 0 heterocycles. The molecule has 7 heteroatoms. The van der Waals surface area contributed by atoms with Crippen LogP contribution < -0.4 is 14.6 Å². The summed E-state index contributed by atoms with van der Waals surface area (Å²) in [5, 5.41) is 21.7. The van der Waals surface area contributed by atoms with E-state index in [0.717, 1.165) is 0 Å². The monoisotopic (exact) mass is 450 g/mol. The number of nitriles is 1. The standard InChI is InChI=1S/C26H23F2NO4/c1-16(2)24(25(30)31)20-11-12-23(33-26(27)28)22(15-29)21(20)14-17-7-6-10-19(13-17)32-18-8-4-3-5-9-18/h3-13,16,24,26H,14H2,1-2H3,(H,30,31)/p-1. The first kappa shape index (κ1) is 23.7. The number of carboxylic acids is 1. The van der Waals surface area contributed by atoms with Crippen LogP contribution in [0.5, 0.6) is 17.2 Å². The van der Waals surface area contributed by atoms with Gasteiger partial charge < -0.3 is 19.4 Å². The number of para-hydroxylation sites is 1. The largest absolute Gasteiger partial charge is 0.549 e. The van der Waals surface area contributed by atoms with Gasteiger partial charge in [-0.1, -0.05) is 50.2 Å². The first-order valence-electron chi connectivity index (χ1n) is 10.3. The van der Waals surface area contributed by atoms with Gasteiger partial charge in [0.25, 0.3) is 0 Å². The summed E-state index contributed by atoms with van der Waals surface area (Å²) in [4.78, 5) is 11.9. The molecule has 0 aliphatic carbocycles. The van der Waals surface area contributed by atoms with Crippen LogP contribution in [0.1, 0.15) is 42.0 Å². The predicted octanol–water partition coefficient (Wildman–Crippen LogP) is 5.03. The van der Waals surface area contributed by atoms with Gasteiger partial charge in [0.05, 0.1) is 5.56 Å². The maximum atomic E-state index is 12.9. The van der Waals surface area contributed by atoms with E-state index in [0.29, 0.717) is 28.2 Å². The van der Waals surface area contributed by atoms with Crippen molar-refractivity contribution in [1.82, 2.24) is 0 Å². The Hall–Kier alpha value is -3.92. The van der Waals surface area contributed by atoms with Crippen LogP contribution in [0.15, 0.2) is 66.7 Å². The van der Waals surface area contributed by atoms with Gasteiger partial charge in [-0.2, -0.15) is 14.0 Å². The maximum Gasteiger partial charge on any atom is 0.387 e. The third-order valence-corrected chi connectivity index (χ3v) is 5.15. The lowest BCUT2D eigenvalue weighted by atomic mass is 9.82. The van der Waals surface area contributed by atoms with Crippen molar-refractivity contribution in [2.24, 2.45) is 5.92 Å². The molecular formula is C26H22F2NO4-. The van der Waals surface area contributed by atoms with Crippen molar-refractivity contribution in [2.75, 3.05) is 0 Å². The van der Waals surface area contributed by atoms with Crippen molar-refractivity contribution in [3.8, 4) is 23.3 Å². The molecule has 0 bridgehead atoms. The molecule has 0 aliphatic heterocycles. The number of halogens is 2. The van der Waals surface area contributed by atoms with Gasteiger partial charge in [-0.05, 0) is 59.4 Å². The molecule has 3 aromatic carbocycles. The van der Waals surface area contributed by atoms with Crippen LogP contribution in [0.3, 0.4) is 0 Å². The molecule has 170 valence electrons. The molecule has 0 amide bonds. The summed E-state index contributed by atoms with van der Waals surface area (Å²) in [5.41, 5.74) is 1.21. The summed E-state index contributed by atoms with van der Waals surface area (Å²) in [5.74, 6) is -1.81. The quantitative estimate of drug-likeness (QED) is 0.457. The van der Waals surface area contributed by atoms with E-state index < -0.39 is 18.5 Å². The smallest absolute Gasteiger partial charge is 0.387 e. The molecule has 0 aliphatic rings. The van der Waals surface area contributed by atoms with Gasteiger partial charge in [-0.3, -0.25) is 0 Å². The number of carbonyl (C=O) groups is 1. The highest BCUT2D eigenvalue weighted by atomic mass is 19.3. The van der Waals surface area contributed by atoms with Gasteiger partial charge in [0.15, 0.2) is 0 Å². The Kier molecular flexibility index (Phi) is 7.62. The number of rotatable bonds is 9. The second-order valence-corrected chi connectivity index (χ2v) is 7.78. The Bertz CT molecular complexity index is 1160. The molecule has 0 aromatic heterocycles. The van der Waals surface area contributed by atoms with E-state index in [1.165, 1.54) is 12.1 Å². The minimum Gasteiger partial charge on any atom is -0.549 e. The molecule has 0 fully saturated rings. The van der Waals surface area contributed by atoms with Crippen LogP contribution >= 0.6 is 0 Å². The minimum absolute atomic E-state index is 0.112. The Morgan fingerprint density at radius 2 is 1.73 bits per heavy atom. The molecule has 0 saturated heterocycles. The number of alkyl halides is 2. The molecule has 5 nitrogen and oxygen atoms in total. The molecule has 3 rings (SSSR count). The third-order valence-electron chi connectivity index (χ3n) is 5.15. The van der Waals surface area contributed by atoms with Crippen molar-refractivity contribution in [3.63, 3.8) is 0 Å². The van der Waals surface area contributed by atoms with Gasteiger partial charge in [-0.25, -0.2) is 0 Å². The Morgan fingerprint density at radius 3 is 2.33 bits per heavy atom. The van der Waals surface area contributed by atoms with Gasteiger partial charge in [0.2, 0.25) is 0 Å². The highest BCUT2D eigenvalue weighted by molar-refractivity contribution is 5.76. The highest BCUT2D eigenvalue weighted by Gasteiger charge is 2.25. The summed E-state index contributed by atoms with van der Waals surface area (Å²) < 4.78 is 36.2. The predicted molar refractivity (Wildman–Crippen MR) is 116 cm³/mol. The van der Waals surface area contributed by atoms with Crippen LogP contribution in [0.4, 0.5) is 8.78 Å². The van der Waals surface area contributed by atoms with Crippen molar-refractivity contribution < 1.29 is 28.2 Å². The zero-order valence-corrected chi connectivity index (χ0v) is 18.1. The number of nitrogens with zero attached hydrogens (tertiary/aromatic N) is 1. The summed E-state index contributed by atoms with van der Waals surface area (Å²) >= 11 is 0. The Labute approximate surface area is 190 Å². The molecule has 0 radical (unpaired) electrons. The number of carbonyl (C=O) groups excluding carboxylic acids is 1. The normalized spacial score (nSPS) is 11.8. The summed E-state index contributed by atoms with van der Waals surface area (Å²) in [6.45, 7) is 0.308. The van der Waals surface area contributed by atoms with Crippen LogP contribution in [-0.4, -0.2) is 12.6 Å². The lowest BCUT2D eigenvalue weighted by Crippen LogP contribution is -2.33. The van der Waals surface area contributed by atoms with Crippen LogP contribution in [0.2, 0.25) is 0 Å². The van der Waals surface area contributed by atoms with E-state index in [1.54, 1.807) is 50.2 Å². The van der Waals surface area contributed by atoms with Gasteiger partial charge in [-0.15, -0.1) is 0 Å². The molecular weight excluding hydrogens is 428 g/mol. The molecule has 0 N–H and O–H groups in total. The Balaban J connectivity index is 2.07. The fraction of sp³-hybridized carbons (Fsp3) is 0.231. The van der Waals surface area contributed by atoms with E-state index in [4.69, 9.17) is 4.74 Å². The van der Waals surface area contributed by atoms with Gasteiger partial charge in [0, 0.05) is 11.9 Å². The average molecular weight is 450 g/mol.